The highest BCUT2D eigenvalue weighted by Crippen LogP contribution is 2.26. The maximum Gasteiger partial charge on any atom is 0.313 e. The largest absolute Gasteiger partial charge is 0.469 e. The fourth-order valence-corrected chi connectivity index (χ4v) is 2.01. The van der Waals surface area contributed by atoms with Gasteiger partial charge in [-0.2, -0.15) is 11.8 Å². The third-order valence-electron chi connectivity index (χ3n) is 2.66. The Balaban J connectivity index is 2.84. The van der Waals surface area contributed by atoms with E-state index in [4.69, 9.17) is 4.74 Å². The molecular weight excluding hydrogens is 220 g/mol. The first kappa shape index (κ1) is 13.1. The van der Waals surface area contributed by atoms with Crippen molar-refractivity contribution in [2.45, 2.75) is 24.5 Å². The number of carbonyl (C=O) groups is 1. The molecule has 0 aliphatic rings. The summed E-state index contributed by atoms with van der Waals surface area (Å²) in [6.45, 7) is 2.13. The lowest BCUT2D eigenvalue weighted by molar-refractivity contribution is -0.142. The molecule has 0 saturated carbocycles. The Kier molecular flexibility index (Phi) is 5.39. The average molecular weight is 238 g/mol. The molecule has 1 aromatic rings. The lowest BCUT2D eigenvalue weighted by atomic mass is 9.94. The zero-order valence-electron chi connectivity index (χ0n) is 9.97. The van der Waals surface area contributed by atoms with Gasteiger partial charge in [0.25, 0.3) is 0 Å². The summed E-state index contributed by atoms with van der Waals surface area (Å²) in [5.41, 5.74) is 1.04. The van der Waals surface area contributed by atoms with Crippen LogP contribution in [0, 0.1) is 0 Å². The summed E-state index contributed by atoms with van der Waals surface area (Å²) in [4.78, 5) is 11.7. The van der Waals surface area contributed by atoms with Gasteiger partial charge in [0.05, 0.1) is 13.0 Å². The number of rotatable bonds is 5. The first-order valence-corrected chi connectivity index (χ1v) is 6.63. The van der Waals surface area contributed by atoms with E-state index in [1.54, 1.807) is 11.8 Å². The number of thioether (sulfide) groups is 1. The summed E-state index contributed by atoms with van der Waals surface area (Å²) < 4.78 is 4.86. The molecule has 0 radical (unpaired) electrons. The van der Waals surface area contributed by atoms with Crippen molar-refractivity contribution in [1.82, 2.24) is 0 Å². The summed E-state index contributed by atoms with van der Waals surface area (Å²) in [5, 5.41) is 0.448. The molecule has 0 amide bonds. The number of ether oxygens (including phenoxy) is 1. The maximum absolute atomic E-state index is 11.7. The van der Waals surface area contributed by atoms with Crippen molar-refractivity contribution in [1.29, 1.82) is 0 Å². The van der Waals surface area contributed by atoms with Gasteiger partial charge >= 0.3 is 5.97 Å². The summed E-state index contributed by atoms with van der Waals surface area (Å²) >= 11 is 1.77. The molecule has 0 spiro atoms. The van der Waals surface area contributed by atoms with Gasteiger partial charge in [0.1, 0.15) is 0 Å². The van der Waals surface area contributed by atoms with Gasteiger partial charge in [0.2, 0.25) is 0 Å². The van der Waals surface area contributed by atoms with Crippen LogP contribution in [-0.4, -0.2) is 24.6 Å². The number of benzene rings is 1. The van der Waals surface area contributed by atoms with Crippen LogP contribution >= 0.6 is 11.8 Å². The lowest BCUT2D eigenvalue weighted by Crippen LogP contribution is -2.17. The molecule has 0 aromatic heterocycles. The minimum Gasteiger partial charge on any atom is -0.469 e. The number of hydrogen-bond donors (Lipinski definition) is 0. The normalized spacial score (nSPS) is 14.2. The van der Waals surface area contributed by atoms with Gasteiger partial charge in [0.15, 0.2) is 0 Å². The van der Waals surface area contributed by atoms with Crippen molar-refractivity contribution < 1.29 is 9.53 Å². The maximum atomic E-state index is 11.7. The molecule has 16 heavy (non-hydrogen) atoms. The Morgan fingerprint density at radius 2 is 2.00 bits per heavy atom. The Bertz CT molecular complexity index is 324. The van der Waals surface area contributed by atoms with Gasteiger partial charge in [-0.25, -0.2) is 0 Å². The van der Waals surface area contributed by atoms with E-state index >= 15 is 0 Å². The summed E-state index contributed by atoms with van der Waals surface area (Å²) in [5.74, 6) is -0.291. The van der Waals surface area contributed by atoms with Gasteiger partial charge in [-0.1, -0.05) is 37.3 Å². The number of methoxy groups -OCH3 is 1. The zero-order valence-corrected chi connectivity index (χ0v) is 10.8. The number of esters is 1. The number of hydrogen-bond acceptors (Lipinski definition) is 3. The van der Waals surface area contributed by atoms with E-state index in [0.717, 1.165) is 12.0 Å². The molecule has 0 fully saturated rings. The van der Waals surface area contributed by atoms with E-state index in [2.05, 4.69) is 13.2 Å². The van der Waals surface area contributed by atoms with Gasteiger partial charge in [-0.15, -0.1) is 0 Å². The highest BCUT2D eigenvalue weighted by Gasteiger charge is 2.23. The molecule has 0 bridgehead atoms. The standard InChI is InChI=1S/C13H18O2S/c1-10(16-3)9-12(13(14)15-2)11-7-5-4-6-8-11/h4-8,10,12H,9H2,1-3H3. The molecule has 3 heteroatoms. The summed E-state index contributed by atoms with van der Waals surface area (Å²) in [7, 11) is 1.45. The molecule has 1 rings (SSSR count). The summed E-state index contributed by atoms with van der Waals surface area (Å²) in [6.07, 6.45) is 2.88. The second-order valence-electron chi connectivity index (χ2n) is 3.77. The van der Waals surface area contributed by atoms with Crippen LogP contribution in [0.4, 0.5) is 0 Å². The van der Waals surface area contributed by atoms with Crippen LogP contribution in [0.15, 0.2) is 30.3 Å². The Morgan fingerprint density at radius 1 is 1.38 bits per heavy atom. The molecule has 2 nitrogen and oxygen atoms in total. The molecule has 0 N–H and O–H groups in total. The summed E-state index contributed by atoms with van der Waals surface area (Å²) in [6, 6.07) is 9.82. The van der Waals surface area contributed by atoms with Gasteiger partial charge in [-0.3, -0.25) is 4.79 Å². The molecular formula is C13H18O2S. The molecule has 0 aliphatic heterocycles. The SMILES string of the molecule is COC(=O)C(CC(C)SC)c1ccccc1. The predicted molar refractivity (Wildman–Crippen MR) is 68.8 cm³/mol. The predicted octanol–water partition coefficient (Wildman–Crippen LogP) is 3.08. The Labute approximate surface area is 101 Å². The minimum absolute atomic E-state index is 0.145. The lowest BCUT2D eigenvalue weighted by Gasteiger charge is -2.18. The van der Waals surface area contributed by atoms with Crippen LogP contribution in [-0.2, 0) is 9.53 Å². The van der Waals surface area contributed by atoms with Gasteiger partial charge < -0.3 is 4.74 Å². The average Bonchev–Trinajstić information content (AvgIpc) is 2.35. The van der Waals surface area contributed by atoms with E-state index in [9.17, 15) is 4.79 Å². The van der Waals surface area contributed by atoms with Crippen molar-refractivity contribution in [3.63, 3.8) is 0 Å². The fraction of sp³-hybridized carbons (Fsp3) is 0.462. The third-order valence-corrected chi connectivity index (χ3v) is 3.65. The molecule has 88 valence electrons. The van der Waals surface area contributed by atoms with Crippen LogP contribution in [0.25, 0.3) is 0 Å². The van der Waals surface area contributed by atoms with E-state index in [1.807, 2.05) is 30.3 Å². The second kappa shape index (κ2) is 6.59. The van der Waals surface area contributed by atoms with Crippen molar-refractivity contribution in [2.75, 3.05) is 13.4 Å². The van der Waals surface area contributed by atoms with Crippen LogP contribution < -0.4 is 0 Å². The van der Waals surface area contributed by atoms with Gasteiger partial charge in [-0.05, 0) is 18.2 Å². The fourth-order valence-electron chi connectivity index (χ4n) is 1.62. The van der Waals surface area contributed by atoms with Crippen LogP contribution in [0.2, 0.25) is 0 Å². The van der Waals surface area contributed by atoms with Gasteiger partial charge in [0, 0.05) is 5.25 Å². The molecule has 2 atom stereocenters. The van der Waals surface area contributed by atoms with Crippen molar-refractivity contribution in [3.05, 3.63) is 35.9 Å². The van der Waals surface area contributed by atoms with Crippen molar-refractivity contribution in [2.24, 2.45) is 0 Å². The first-order valence-electron chi connectivity index (χ1n) is 5.34. The Morgan fingerprint density at radius 3 is 2.50 bits per heavy atom. The zero-order chi connectivity index (χ0) is 12.0. The molecule has 0 heterocycles. The molecule has 0 aliphatic carbocycles. The van der Waals surface area contributed by atoms with E-state index in [1.165, 1.54) is 7.11 Å². The first-order chi connectivity index (χ1) is 7.69. The molecule has 0 saturated heterocycles. The highest BCUT2D eigenvalue weighted by molar-refractivity contribution is 7.99. The highest BCUT2D eigenvalue weighted by atomic mass is 32.2. The quantitative estimate of drug-likeness (QED) is 0.737. The van der Waals surface area contributed by atoms with E-state index in [-0.39, 0.29) is 11.9 Å². The minimum atomic E-state index is -0.146. The van der Waals surface area contributed by atoms with E-state index in [0.29, 0.717) is 5.25 Å². The van der Waals surface area contributed by atoms with E-state index < -0.39 is 0 Å². The molecule has 1 aromatic carbocycles. The van der Waals surface area contributed by atoms with Crippen LogP contribution in [0.5, 0.6) is 0 Å². The van der Waals surface area contributed by atoms with Crippen molar-refractivity contribution >= 4 is 17.7 Å². The monoisotopic (exact) mass is 238 g/mol. The Hall–Kier alpha value is -0.960. The number of carbonyl (C=O) groups excluding carboxylic acids is 1. The van der Waals surface area contributed by atoms with Crippen LogP contribution in [0.3, 0.4) is 0 Å². The topological polar surface area (TPSA) is 26.3 Å². The molecule has 2 unspecified atom stereocenters. The third kappa shape index (κ3) is 3.56. The van der Waals surface area contributed by atoms with Crippen molar-refractivity contribution in [3.8, 4) is 0 Å². The smallest absolute Gasteiger partial charge is 0.313 e. The second-order valence-corrected chi connectivity index (χ2v) is 5.04. The van der Waals surface area contributed by atoms with Crippen LogP contribution in [0.1, 0.15) is 24.8 Å².